The first-order valence-electron chi connectivity index (χ1n) is 7.91. The summed E-state index contributed by atoms with van der Waals surface area (Å²) in [5.74, 6) is -1.05. The second-order valence-electron chi connectivity index (χ2n) is 6.65. The fourth-order valence-electron chi connectivity index (χ4n) is 3.38. The SMILES string of the molecule is CC1(C)OC2C(n3cnc4c(Cl)ncnc43)O[C@H](CCS(=O)(=O)Cl)[C@H]2O1. The number of rotatable bonds is 4. The Morgan fingerprint density at radius 2 is 1.96 bits per heavy atom. The van der Waals surface area contributed by atoms with Gasteiger partial charge in [-0.05, 0) is 20.3 Å². The van der Waals surface area contributed by atoms with Crippen LogP contribution in [0.3, 0.4) is 0 Å². The predicted molar refractivity (Wildman–Crippen MR) is 92.3 cm³/mol. The van der Waals surface area contributed by atoms with Crippen molar-refractivity contribution in [3.8, 4) is 0 Å². The number of halogens is 2. The highest BCUT2D eigenvalue weighted by molar-refractivity contribution is 8.13. The van der Waals surface area contributed by atoms with Gasteiger partial charge in [-0.1, -0.05) is 11.6 Å². The topological polar surface area (TPSA) is 105 Å². The molecule has 4 rings (SSSR count). The molecule has 0 amide bonds. The van der Waals surface area contributed by atoms with Crippen LogP contribution in [0.15, 0.2) is 12.7 Å². The molecule has 0 N–H and O–H groups in total. The van der Waals surface area contributed by atoms with Crippen molar-refractivity contribution in [3.05, 3.63) is 17.8 Å². The summed E-state index contributed by atoms with van der Waals surface area (Å²) < 4.78 is 42.3. The number of aromatic nitrogens is 4. The fourth-order valence-corrected chi connectivity index (χ4v) is 4.34. The van der Waals surface area contributed by atoms with Gasteiger partial charge in [0.15, 0.2) is 22.8 Å². The van der Waals surface area contributed by atoms with Gasteiger partial charge in [-0.2, -0.15) is 0 Å². The Hall–Kier alpha value is -1.04. The summed E-state index contributed by atoms with van der Waals surface area (Å²) in [6.07, 6.45) is 1.06. The third-order valence-corrected chi connectivity index (χ3v) is 5.82. The summed E-state index contributed by atoms with van der Waals surface area (Å²) >= 11 is 6.06. The molecule has 12 heteroatoms. The monoisotopic (exact) mass is 422 g/mol. The predicted octanol–water partition coefficient (Wildman–Crippen LogP) is 1.86. The molecule has 142 valence electrons. The lowest BCUT2D eigenvalue weighted by Gasteiger charge is -2.24. The van der Waals surface area contributed by atoms with Gasteiger partial charge in [0.05, 0.1) is 18.2 Å². The van der Waals surface area contributed by atoms with E-state index in [0.29, 0.717) is 11.2 Å². The Kier molecular flexibility index (Phi) is 4.41. The van der Waals surface area contributed by atoms with Gasteiger partial charge in [0.25, 0.3) is 0 Å². The first-order chi connectivity index (χ1) is 12.1. The smallest absolute Gasteiger partial charge is 0.232 e. The van der Waals surface area contributed by atoms with Crippen molar-refractivity contribution >= 4 is 42.5 Å². The van der Waals surface area contributed by atoms with E-state index in [2.05, 4.69) is 15.0 Å². The standard InChI is InChI=1S/C14H16Cl2N4O5S/c1-14(2)24-9-7(3-4-26(16,21)22)23-13(10(9)25-14)20-6-19-8-11(15)17-5-18-12(8)20/h5-7,9-10,13H,3-4H2,1-2H3/t7-,9-,10?,13?/m1/s1. The van der Waals surface area contributed by atoms with Gasteiger partial charge in [-0.3, -0.25) is 4.57 Å². The van der Waals surface area contributed by atoms with Crippen LogP contribution in [0.25, 0.3) is 11.2 Å². The van der Waals surface area contributed by atoms with E-state index >= 15 is 0 Å². The molecule has 0 radical (unpaired) electrons. The Labute approximate surface area is 159 Å². The number of fused-ring (bicyclic) bond motifs is 2. The van der Waals surface area contributed by atoms with Gasteiger partial charge in [-0.15, -0.1) is 0 Å². The van der Waals surface area contributed by atoms with E-state index in [1.807, 2.05) is 0 Å². The highest BCUT2D eigenvalue weighted by Gasteiger charge is 2.56. The Morgan fingerprint density at radius 3 is 2.69 bits per heavy atom. The van der Waals surface area contributed by atoms with E-state index in [1.54, 1.807) is 24.7 Å². The quantitative estimate of drug-likeness (QED) is 0.542. The summed E-state index contributed by atoms with van der Waals surface area (Å²) in [6, 6.07) is 0. The molecular formula is C14H16Cl2N4O5S. The molecule has 2 aliphatic rings. The minimum Gasteiger partial charge on any atom is -0.349 e. The van der Waals surface area contributed by atoms with E-state index < -0.39 is 39.4 Å². The minimum absolute atomic E-state index is 0.186. The van der Waals surface area contributed by atoms with Crippen LogP contribution >= 0.6 is 22.3 Å². The highest BCUT2D eigenvalue weighted by Crippen LogP contribution is 2.44. The zero-order valence-corrected chi connectivity index (χ0v) is 16.2. The van der Waals surface area contributed by atoms with Crippen LogP contribution in [0, 0.1) is 0 Å². The zero-order chi connectivity index (χ0) is 18.7. The van der Waals surface area contributed by atoms with E-state index in [-0.39, 0.29) is 17.3 Å². The third-order valence-electron chi connectivity index (χ3n) is 4.36. The fraction of sp³-hybridized carbons (Fsp3) is 0.643. The maximum absolute atomic E-state index is 11.3. The van der Waals surface area contributed by atoms with Gasteiger partial charge in [0, 0.05) is 10.7 Å². The number of ether oxygens (including phenoxy) is 3. The van der Waals surface area contributed by atoms with Crippen LogP contribution in [0.5, 0.6) is 0 Å². The van der Waals surface area contributed by atoms with Gasteiger partial charge in [0.2, 0.25) is 9.05 Å². The molecule has 0 aromatic carbocycles. The average molecular weight is 423 g/mol. The maximum atomic E-state index is 11.3. The van der Waals surface area contributed by atoms with E-state index in [4.69, 9.17) is 36.5 Å². The molecule has 4 heterocycles. The summed E-state index contributed by atoms with van der Waals surface area (Å²) in [5.41, 5.74) is 0.937. The molecule has 9 nitrogen and oxygen atoms in total. The van der Waals surface area contributed by atoms with E-state index in [1.165, 1.54) is 6.33 Å². The molecule has 2 aromatic heterocycles. The Morgan fingerprint density at radius 1 is 1.23 bits per heavy atom. The van der Waals surface area contributed by atoms with Crippen LogP contribution in [0.1, 0.15) is 26.5 Å². The molecule has 0 spiro atoms. The van der Waals surface area contributed by atoms with Crippen molar-refractivity contribution in [2.24, 2.45) is 0 Å². The molecule has 2 aromatic rings. The largest absolute Gasteiger partial charge is 0.349 e. The molecule has 2 aliphatic heterocycles. The van der Waals surface area contributed by atoms with Gasteiger partial charge < -0.3 is 14.2 Å². The number of imidazole rings is 1. The normalized spacial score (nSPS) is 30.8. The second-order valence-corrected chi connectivity index (χ2v) is 9.90. The van der Waals surface area contributed by atoms with Crippen molar-refractivity contribution in [2.75, 3.05) is 5.75 Å². The zero-order valence-electron chi connectivity index (χ0n) is 13.9. The van der Waals surface area contributed by atoms with Gasteiger partial charge >= 0.3 is 0 Å². The highest BCUT2D eigenvalue weighted by atomic mass is 35.7. The third kappa shape index (κ3) is 3.30. The molecule has 2 saturated heterocycles. The summed E-state index contributed by atoms with van der Waals surface area (Å²) in [5, 5.41) is 0.233. The van der Waals surface area contributed by atoms with Crippen molar-refractivity contribution < 1.29 is 22.6 Å². The summed E-state index contributed by atoms with van der Waals surface area (Å²) in [4.78, 5) is 12.4. The summed E-state index contributed by atoms with van der Waals surface area (Å²) in [7, 11) is 1.70. The molecule has 0 saturated carbocycles. The lowest BCUT2D eigenvalue weighted by molar-refractivity contribution is -0.196. The summed E-state index contributed by atoms with van der Waals surface area (Å²) in [6.45, 7) is 3.59. The molecule has 2 unspecified atom stereocenters. The number of hydrogen-bond acceptors (Lipinski definition) is 8. The van der Waals surface area contributed by atoms with Crippen molar-refractivity contribution in [1.29, 1.82) is 0 Å². The second kappa shape index (κ2) is 6.25. The first kappa shape index (κ1) is 18.3. The van der Waals surface area contributed by atoms with Crippen LogP contribution in [-0.4, -0.2) is 57.8 Å². The lowest BCUT2D eigenvalue weighted by Crippen LogP contribution is -2.30. The maximum Gasteiger partial charge on any atom is 0.232 e. The van der Waals surface area contributed by atoms with E-state index in [9.17, 15) is 8.42 Å². The van der Waals surface area contributed by atoms with Crippen molar-refractivity contribution in [2.45, 2.75) is 50.6 Å². The number of nitrogens with zero attached hydrogens (tertiary/aromatic N) is 4. The van der Waals surface area contributed by atoms with Crippen LogP contribution < -0.4 is 0 Å². The lowest BCUT2D eigenvalue weighted by atomic mass is 10.1. The molecular weight excluding hydrogens is 407 g/mol. The van der Waals surface area contributed by atoms with Crippen LogP contribution in [-0.2, 0) is 23.3 Å². The molecule has 4 atom stereocenters. The van der Waals surface area contributed by atoms with Crippen molar-refractivity contribution in [3.63, 3.8) is 0 Å². The molecule has 26 heavy (non-hydrogen) atoms. The Bertz CT molecular complexity index is 950. The van der Waals surface area contributed by atoms with E-state index in [0.717, 1.165) is 0 Å². The average Bonchev–Trinajstić information content (AvgIpc) is 3.16. The number of hydrogen-bond donors (Lipinski definition) is 0. The minimum atomic E-state index is -3.64. The van der Waals surface area contributed by atoms with Crippen LogP contribution in [0.4, 0.5) is 0 Å². The first-order valence-corrected chi connectivity index (χ1v) is 10.8. The molecule has 0 aliphatic carbocycles. The van der Waals surface area contributed by atoms with Crippen molar-refractivity contribution in [1.82, 2.24) is 19.5 Å². The van der Waals surface area contributed by atoms with Gasteiger partial charge in [0.1, 0.15) is 24.1 Å². The molecule has 0 bridgehead atoms. The Balaban J connectivity index is 1.68. The van der Waals surface area contributed by atoms with Crippen LogP contribution in [0.2, 0.25) is 5.15 Å². The molecule has 2 fully saturated rings. The van der Waals surface area contributed by atoms with Gasteiger partial charge in [-0.25, -0.2) is 23.4 Å².